The smallest absolute Gasteiger partial charge is 0.234 e. The molecule has 1 saturated carbocycles. The second-order valence-corrected chi connectivity index (χ2v) is 6.03. The molecular weight excluding hydrogens is 262 g/mol. The van der Waals surface area contributed by atoms with Crippen LogP contribution in [0.3, 0.4) is 0 Å². The van der Waals surface area contributed by atoms with E-state index in [9.17, 15) is 4.79 Å². The summed E-state index contributed by atoms with van der Waals surface area (Å²) in [7, 11) is 2.00. The summed E-state index contributed by atoms with van der Waals surface area (Å²) in [5, 5.41) is 6.48. The molecule has 0 radical (unpaired) electrons. The lowest BCUT2D eigenvalue weighted by Crippen LogP contribution is -2.43. The van der Waals surface area contributed by atoms with E-state index < -0.39 is 0 Å². The average Bonchev–Trinajstić information content (AvgIpc) is 2.79. The maximum atomic E-state index is 12.0. The lowest BCUT2D eigenvalue weighted by molar-refractivity contribution is -0.123. The molecule has 2 fully saturated rings. The van der Waals surface area contributed by atoms with Crippen LogP contribution in [0, 0.1) is 5.92 Å². The molecule has 1 heterocycles. The highest BCUT2D eigenvalue weighted by Gasteiger charge is 2.24. The zero-order valence-corrected chi connectivity index (χ0v) is 13.0. The normalized spacial score (nSPS) is 31.8. The molecule has 0 bridgehead atoms. The fourth-order valence-corrected chi connectivity index (χ4v) is 3.09. The van der Waals surface area contributed by atoms with Crippen molar-refractivity contribution in [2.75, 3.05) is 26.7 Å². The Kier molecular flexibility index (Phi) is 7.11. The van der Waals surface area contributed by atoms with Crippen molar-refractivity contribution in [3.05, 3.63) is 0 Å². The summed E-state index contributed by atoms with van der Waals surface area (Å²) < 4.78 is 0. The van der Waals surface area contributed by atoms with E-state index in [1.54, 1.807) is 0 Å². The van der Waals surface area contributed by atoms with Crippen molar-refractivity contribution in [3.63, 3.8) is 0 Å². The number of carbonyl (C=O) groups excluding carboxylic acids is 1. The molecule has 0 aromatic carbocycles. The molecule has 4 nitrogen and oxygen atoms in total. The molecule has 1 aliphatic carbocycles. The Morgan fingerprint density at radius 3 is 2.42 bits per heavy atom. The monoisotopic (exact) mass is 289 g/mol. The van der Waals surface area contributed by atoms with Crippen LogP contribution in [0.15, 0.2) is 0 Å². The summed E-state index contributed by atoms with van der Waals surface area (Å²) in [6, 6.07) is 0.990. The SMILES string of the molecule is CNC1CCN(CC(=O)NC2CCC(C)CC2)C1.Cl. The predicted octanol–water partition coefficient (Wildman–Crippen LogP) is 1.40. The highest BCUT2D eigenvalue weighted by molar-refractivity contribution is 5.85. The predicted molar refractivity (Wildman–Crippen MR) is 80.7 cm³/mol. The molecule has 1 amide bonds. The topological polar surface area (TPSA) is 44.4 Å². The molecular formula is C14H28ClN3O. The van der Waals surface area contributed by atoms with Gasteiger partial charge in [0.25, 0.3) is 0 Å². The molecule has 2 aliphatic rings. The van der Waals surface area contributed by atoms with E-state index in [-0.39, 0.29) is 18.3 Å². The minimum absolute atomic E-state index is 0. The second-order valence-electron chi connectivity index (χ2n) is 6.03. The number of rotatable bonds is 4. The molecule has 5 heteroatoms. The van der Waals surface area contributed by atoms with Gasteiger partial charge in [-0.1, -0.05) is 6.92 Å². The molecule has 1 saturated heterocycles. The number of amides is 1. The van der Waals surface area contributed by atoms with Gasteiger partial charge in [-0.05, 0) is 45.1 Å². The van der Waals surface area contributed by atoms with Gasteiger partial charge in [-0.15, -0.1) is 12.4 Å². The lowest BCUT2D eigenvalue weighted by atomic mass is 9.87. The minimum atomic E-state index is 0. The molecule has 1 aliphatic heterocycles. The van der Waals surface area contributed by atoms with Gasteiger partial charge >= 0.3 is 0 Å². The van der Waals surface area contributed by atoms with Gasteiger partial charge in [0.2, 0.25) is 5.91 Å². The Labute approximate surface area is 123 Å². The molecule has 0 aromatic rings. The Bertz CT molecular complexity index is 274. The first-order valence-corrected chi connectivity index (χ1v) is 7.36. The van der Waals surface area contributed by atoms with Crippen LogP contribution in [0.5, 0.6) is 0 Å². The van der Waals surface area contributed by atoms with Crippen LogP contribution in [-0.4, -0.2) is 49.6 Å². The average molecular weight is 290 g/mol. The number of nitrogens with one attached hydrogen (secondary N) is 2. The molecule has 19 heavy (non-hydrogen) atoms. The first-order chi connectivity index (χ1) is 8.67. The summed E-state index contributed by atoms with van der Waals surface area (Å²) in [6.07, 6.45) is 6.00. The highest BCUT2D eigenvalue weighted by atomic mass is 35.5. The van der Waals surface area contributed by atoms with Crippen molar-refractivity contribution in [3.8, 4) is 0 Å². The van der Waals surface area contributed by atoms with Crippen LogP contribution in [-0.2, 0) is 4.79 Å². The van der Waals surface area contributed by atoms with Gasteiger partial charge in [-0.2, -0.15) is 0 Å². The summed E-state index contributed by atoms with van der Waals surface area (Å²) >= 11 is 0. The third kappa shape index (κ3) is 5.28. The van der Waals surface area contributed by atoms with Gasteiger partial charge in [0.05, 0.1) is 6.54 Å². The minimum Gasteiger partial charge on any atom is -0.352 e. The molecule has 2 N–H and O–H groups in total. The number of likely N-dealkylation sites (N-methyl/N-ethyl adjacent to an activating group) is 1. The van der Waals surface area contributed by atoms with E-state index in [0.717, 1.165) is 38.3 Å². The largest absolute Gasteiger partial charge is 0.352 e. The van der Waals surface area contributed by atoms with Gasteiger partial charge in [-0.25, -0.2) is 0 Å². The van der Waals surface area contributed by atoms with E-state index in [1.807, 2.05) is 7.05 Å². The molecule has 1 atom stereocenters. The Morgan fingerprint density at radius 1 is 1.16 bits per heavy atom. The first-order valence-electron chi connectivity index (χ1n) is 7.36. The van der Waals surface area contributed by atoms with Crippen molar-refractivity contribution in [1.82, 2.24) is 15.5 Å². The number of nitrogens with zero attached hydrogens (tertiary/aromatic N) is 1. The highest BCUT2D eigenvalue weighted by Crippen LogP contribution is 2.23. The number of hydrogen-bond donors (Lipinski definition) is 2. The maximum absolute atomic E-state index is 12.0. The maximum Gasteiger partial charge on any atom is 0.234 e. The van der Waals surface area contributed by atoms with Crippen molar-refractivity contribution < 1.29 is 4.79 Å². The first kappa shape index (κ1) is 16.7. The summed E-state index contributed by atoms with van der Waals surface area (Å²) in [5.74, 6) is 1.06. The zero-order valence-electron chi connectivity index (χ0n) is 12.2. The quantitative estimate of drug-likeness (QED) is 0.822. The van der Waals surface area contributed by atoms with E-state index in [4.69, 9.17) is 0 Å². The zero-order chi connectivity index (χ0) is 13.0. The molecule has 112 valence electrons. The van der Waals surface area contributed by atoms with Crippen molar-refractivity contribution in [1.29, 1.82) is 0 Å². The second kappa shape index (κ2) is 8.08. The lowest BCUT2D eigenvalue weighted by Gasteiger charge is -2.27. The molecule has 1 unspecified atom stereocenters. The Hall–Kier alpha value is -0.320. The van der Waals surface area contributed by atoms with Gasteiger partial charge < -0.3 is 10.6 Å². The van der Waals surface area contributed by atoms with Gasteiger partial charge in [0.1, 0.15) is 0 Å². The van der Waals surface area contributed by atoms with Crippen LogP contribution < -0.4 is 10.6 Å². The van der Waals surface area contributed by atoms with Gasteiger partial charge in [-0.3, -0.25) is 9.69 Å². The number of hydrogen-bond acceptors (Lipinski definition) is 3. The van der Waals surface area contributed by atoms with E-state index in [0.29, 0.717) is 18.6 Å². The number of likely N-dealkylation sites (tertiary alicyclic amines) is 1. The fraction of sp³-hybridized carbons (Fsp3) is 0.929. The van der Waals surface area contributed by atoms with Crippen LogP contribution in [0.4, 0.5) is 0 Å². The van der Waals surface area contributed by atoms with E-state index in [2.05, 4.69) is 22.5 Å². The molecule has 2 rings (SSSR count). The van der Waals surface area contributed by atoms with Gasteiger partial charge in [0.15, 0.2) is 0 Å². The van der Waals surface area contributed by atoms with Crippen LogP contribution in [0.1, 0.15) is 39.0 Å². The van der Waals surface area contributed by atoms with Gasteiger partial charge in [0, 0.05) is 25.2 Å². The molecule has 0 spiro atoms. The Morgan fingerprint density at radius 2 is 1.84 bits per heavy atom. The summed E-state index contributed by atoms with van der Waals surface area (Å²) in [4.78, 5) is 14.2. The molecule has 0 aromatic heterocycles. The number of carbonyl (C=O) groups is 1. The van der Waals surface area contributed by atoms with Crippen molar-refractivity contribution >= 4 is 18.3 Å². The standard InChI is InChI=1S/C14H27N3O.ClH/c1-11-3-5-12(6-4-11)16-14(18)10-17-8-7-13(9-17)15-2;/h11-13,15H,3-10H2,1-2H3,(H,16,18);1H. The van der Waals surface area contributed by atoms with Crippen molar-refractivity contribution in [2.45, 2.75) is 51.1 Å². The van der Waals surface area contributed by atoms with E-state index >= 15 is 0 Å². The summed E-state index contributed by atoms with van der Waals surface area (Å²) in [6.45, 7) is 4.93. The third-order valence-corrected chi connectivity index (χ3v) is 4.43. The fourth-order valence-electron chi connectivity index (χ4n) is 3.09. The van der Waals surface area contributed by atoms with Crippen LogP contribution in [0.2, 0.25) is 0 Å². The number of halogens is 1. The van der Waals surface area contributed by atoms with Crippen LogP contribution in [0.25, 0.3) is 0 Å². The Balaban J connectivity index is 0.00000180. The summed E-state index contributed by atoms with van der Waals surface area (Å²) in [5.41, 5.74) is 0. The van der Waals surface area contributed by atoms with E-state index in [1.165, 1.54) is 12.8 Å². The van der Waals surface area contributed by atoms with Crippen molar-refractivity contribution in [2.24, 2.45) is 5.92 Å². The van der Waals surface area contributed by atoms with Crippen LogP contribution >= 0.6 is 12.4 Å². The third-order valence-electron chi connectivity index (χ3n) is 4.43.